The zero-order valence-electron chi connectivity index (χ0n) is 13.5. The Bertz CT molecular complexity index is 740. The van der Waals surface area contributed by atoms with Gasteiger partial charge in [0.15, 0.2) is 0 Å². The zero-order chi connectivity index (χ0) is 20.6. The van der Waals surface area contributed by atoms with Crippen LogP contribution in [0.15, 0.2) is 23.3 Å². The van der Waals surface area contributed by atoms with Gasteiger partial charge in [-0.15, -0.1) is 0 Å². The molecule has 1 amide bonds. The smallest absolute Gasteiger partial charge is 0.475 e. The third kappa shape index (κ3) is 6.93. The van der Waals surface area contributed by atoms with Crippen LogP contribution in [0.4, 0.5) is 17.6 Å². The van der Waals surface area contributed by atoms with E-state index in [1.165, 1.54) is 6.07 Å². The van der Waals surface area contributed by atoms with E-state index in [1.807, 2.05) is 0 Å². The molecule has 0 aromatic heterocycles. The van der Waals surface area contributed by atoms with Gasteiger partial charge in [-0.25, -0.2) is 9.18 Å². The predicted molar refractivity (Wildman–Crippen MR) is 86.3 cm³/mol. The van der Waals surface area contributed by atoms with E-state index in [2.05, 4.69) is 20.7 Å². The van der Waals surface area contributed by atoms with Gasteiger partial charge in [-0.3, -0.25) is 4.79 Å². The van der Waals surface area contributed by atoms with Crippen LogP contribution in [0, 0.1) is 5.82 Å². The summed E-state index contributed by atoms with van der Waals surface area (Å²) in [6.07, 6.45) is -4.48. The Labute approximate surface area is 155 Å². The summed E-state index contributed by atoms with van der Waals surface area (Å²) in [6, 6.07) is 3.62. The highest BCUT2D eigenvalue weighted by atomic mass is 35.5. The standard InChI is InChI=1S/C12H13ClFN5O.C2HF3O2/c13-8-3-1-2-7(10(8)14)6-17-12(20)11-9(18-19-15)4-5-16-11;3-2(4,5)1(6)7/h1-3,9,11,16H,4-6H2,(H,17,20);(H,6,7)/t9-,11+;/m1./s1. The van der Waals surface area contributed by atoms with E-state index in [4.69, 9.17) is 27.0 Å². The first-order valence-electron chi connectivity index (χ1n) is 7.36. The highest BCUT2D eigenvalue weighted by Crippen LogP contribution is 2.18. The maximum absolute atomic E-state index is 13.7. The van der Waals surface area contributed by atoms with Gasteiger partial charge < -0.3 is 15.7 Å². The number of rotatable bonds is 4. The molecule has 2 atom stereocenters. The molecule has 0 unspecified atom stereocenters. The van der Waals surface area contributed by atoms with Crippen LogP contribution in [-0.4, -0.2) is 41.8 Å². The van der Waals surface area contributed by atoms with Crippen molar-refractivity contribution in [3.63, 3.8) is 0 Å². The fourth-order valence-corrected chi connectivity index (χ4v) is 2.32. The first kappa shape index (κ1) is 22.5. The Balaban J connectivity index is 0.000000445. The molecule has 0 saturated carbocycles. The van der Waals surface area contributed by atoms with Crippen molar-refractivity contribution in [3.05, 3.63) is 45.0 Å². The SMILES string of the molecule is O=C(O)C(F)(F)F.[N-]=[N+]=N[C@@H]1CCN[C@@H]1C(=O)NCc1cccc(Cl)c1F. The summed E-state index contributed by atoms with van der Waals surface area (Å²) in [5, 5.41) is 16.3. The van der Waals surface area contributed by atoms with Crippen LogP contribution < -0.4 is 10.6 Å². The number of aliphatic carboxylic acids is 1. The molecule has 1 fully saturated rings. The number of carbonyl (C=O) groups is 2. The average Bonchev–Trinajstić information content (AvgIpc) is 3.04. The number of carboxylic acids is 1. The van der Waals surface area contributed by atoms with Crippen LogP contribution in [0.2, 0.25) is 5.02 Å². The lowest BCUT2D eigenvalue weighted by molar-refractivity contribution is -0.192. The van der Waals surface area contributed by atoms with Gasteiger partial charge in [-0.05, 0) is 24.6 Å². The normalized spacial score (nSPS) is 18.7. The Morgan fingerprint density at radius 1 is 1.44 bits per heavy atom. The average molecular weight is 412 g/mol. The van der Waals surface area contributed by atoms with Gasteiger partial charge in [-0.1, -0.05) is 28.8 Å². The lowest BCUT2D eigenvalue weighted by Gasteiger charge is -2.15. The molecule has 1 saturated heterocycles. The van der Waals surface area contributed by atoms with E-state index >= 15 is 0 Å². The number of carboxylic acid groups (broad SMARTS) is 1. The van der Waals surface area contributed by atoms with Crippen molar-refractivity contribution in [2.45, 2.75) is 31.2 Å². The number of nitrogens with one attached hydrogen (secondary N) is 2. The molecule has 1 heterocycles. The van der Waals surface area contributed by atoms with E-state index in [9.17, 15) is 22.4 Å². The Kier molecular flexibility index (Phi) is 8.29. The zero-order valence-corrected chi connectivity index (χ0v) is 14.3. The monoisotopic (exact) mass is 411 g/mol. The van der Waals surface area contributed by atoms with Gasteiger partial charge in [0.25, 0.3) is 0 Å². The van der Waals surface area contributed by atoms with E-state index in [1.54, 1.807) is 12.1 Å². The van der Waals surface area contributed by atoms with Crippen molar-refractivity contribution in [1.82, 2.24) is 10.6 Å². The Morgan fingerprint density at radius 2 is 2.07 bits per heavy atom. The van der Waals surface area contributed by atoms with E-state index in [0.29, 0.717) is 18.5 Å². The van der Waals surface area contributed by atoms with E-state index in [0.717, 1.165) is 0 Å². The molecular weight excluding hydrogens is 398 g/mol. The summed E-state index contributed by atoms with van der Waals surface area (Å²) >= 11 is 5.67. The summed E-state index contributed by atoms with van der Waals surface area (Å²) < 4.78 is 45.4. The second kappa shape index (κ2) is 9.95. The molecule has 27 heavy (non-hydrogen) atoms. The number of hydrogen-bond donors (Lipinski definition) is 3. The number of hydrogen-bond acceptors (Lipinski definition) is 4. The molecule has 1 aliphatic heterocycles. The molecule has 2 rings (SSSR count). The first-order chi connectivity index (χ1) is 12.6. The number of halogens is 5. The lowest BCUT2D eigenvalue weighted by Crippen LogP contribution is -2.45. The molecule has 1 aromatic carbocycles. The van der Waals surface area contributed by atoms with Gasteiger partial charge in [-0.2, -0.15) is 13.2 Å². The van der Waals surface area contributed by atoms with Crippen LogP contribution in [0.5, 0.6) is 0 Å². The predicted octanol–water partition coefficient (Wildman–Crippen LogP) is 2.77. The molecule has 1 aliphatic rings. The van der Waals surface area contributed by atoms with E-state index in [-0.39, 0.29) is 17.5 Å². The second-order valence-corrected chi connectivity index (χ2v) is 5.63. The first-order valence-corrected chi connectivity index (χ1v) is 7.74. The highest BCUT2D eigenvalue weighted by molar-refractivity contribution is 6.30. The van der Waals surface area contributed by atoms with Gasteiger partial charge in [0, 0.05) is 17.0 Å². The van der Waals surface area contributed by atoms with Crippen LogP contribution >= 0.6 is 11.6 Å². The number of alkyl halides is 3. The molecule has 1 aromatic rings. The molecule has 13 heteroatoms. The Morgan fingerprint density at radius 3 is 2.63 bits per heavy atom. The lowest BCUT2D eigenvalue weighted by atomic mass is 10.1. The third-order valence-corrected chi connectivity index (χ3v) is 3.69. The number of amides is 1. The van der Waals surface area contributed by atoms with E-state index < -0.39 is 30.0 Å². The Hall–Kier alpha value is -2.56. The number of nitrogens with zero attached hydrogens (tertiary/aromatic N) is 3. The van der Waals surface area contributed by atoms with Crippen LogP contribution in [0.25, 0.3) is 10.4 Å². The minimum atomic E-state index is -5.08. The van der Waals surface area contributed by atoms with Crippen molar-refractivity contribution in [3.8, 4) is 0 Å². The van der Waals surface area contributed by atoms with Crippen molar-refractivity contribution in [2.24, 2.45) is 5.11 Å². The molecule has 3 N–H and O–H groups in total. The summed E-state index contributed by atoms with van der Waals surface area (Å²) in [5.41, 5.74) is 8.75. The molecule has 148 valence electrons. The maximum Gasteiger partial charge on any atom is 0.490 e. The van der Waals surface area contributed by atoms with Gasteiger partial charge >= 0.3 is 12.1 Å². The minimum Gasteiger partial charge on any atom is -0.475 e. The molecule has 8 nitrogen and oxygen atoms in total. The molecular formula is C14H14ClF4N5O3. The third-order valence-electron chi connectivity index (χ3n) is 3.40. The molecule has 0 radical (unpaired) electrons. The fraction of sp³-hybridized carbons (Fsp3) is 0.429. The topological polar surface area (TPSA) is 127 Å². The van der Waals surface area contributed by atoms with Crippen LogP contribution in [0.3, 0.4) is 0 Å². The number of benzene rings is 1. The van der Waals surface area contributed by atoms with Crippen molar-refractivity contribution in [1.29, 1.82) is 0 Å². The van der Waals surface area contributed by atoms with Crippen molar-refractivity contribution >= 4 is 23.5 Å². The maximum atomic E-state index is 13.7. The van der Waals surface area contributed by atoms with Crippen molar-refractivity contribution in [2.75, 3.05) is 6.54 Å². The van der Waals surface area contributed by atoms with Gasteiger partial charge in [0.2, 0.25) is 5.91 Å². The molecule has 0 aliphatic carbocycles. The molecule has 0 spiro atoms. The summed E-state index contributed by atoms with van der Waals surface area (Å²) in [6.45, 7) is 0.639. The number of carbonyl (C=O) groups excluding carboxylic acids is 1. The largest absolute Gasteiger partial charge is 0.490 e. The quantitative estimate of drug-likeness (QED) is 0.304. The van der Waals surface area contributed by atoms with Crippen LogP contribution in [0.1, 0.15) is 12.0 Å². The van der Waals surface area contributed by atoms with Crippen LogP contribution in [-0.2, 0) is 16.1 Å². The number of azide groups is 1. The molecule has 0 bridgehead atoms. The summed E-state index contributed by atoms with van der Waals surface area (Å²) in [4.78, 5) is 23.6. The summed E-state index contributed by atoms with van der Waals surface area (Å²) in [5.74, 6) is -3.62. The fourth-order valence-electron chi connectivity index (χ4n) is 2.12. The van der Waals surface area contributed by atoms with Gasteiger partial charge in [0.1, 0.15) is 5.82 Å². The highest BCUT2D eigenvalue weighted by Gasteiger charge is 2.38. The van der Waals surface area contributed by atoms with Crippen molar-refractivity contribution < 1.29 is 32.3 Å². The van der Waals surface area contributed by atoms with Gasteiger partial charge in [0.05, 0.1) is 17.1 Å². The summed E-state index contributed by atoms with van der Waals surface area (Å²) in [7, 11) is 0. The second-order valence-electron chi connectivity index (χ2n) is 5.23. The minimum absolute atomic E-state index is 0.0164.